The first-order valence-electron chi connectivity index (χ1n) is 9.17. The van der Waals surface area contributed by atoms with Crippen molar-refractivity contribution in [2.24, 2.45) is 0 Å². The first kappa shape index (κ1) is 20.8. The van der Waals surface area contributed by atoms with Crippen LogP contribution in [0.4, 0.5) is 5.69 Å². The largest absolute Gasteiger partial charge is 0.325 e. The summed E-state index contributed by atoms with van der Waals surface area (Å²) in [4.78, 5) is 12.6. The van der Waals surface area contributed by atoms with Gasteiger partial charge in [-0.25, -0.2) is 12.7 Å². The van der Waals surface area contributed by atoms with Gasteiger partial charge in [-0.15, -0.1) is 10.2 Å². The molecule has 1 amide bonds. The van der Waals surface area contributed by atoms with E-state index in [0.29, 0.717) is 11.3 Å². The molecule has 1 aromatic carbocycles. The Bertz CT molecular complexity index is 970. The molecule has 0 saturated carbocycles. The summed E-state index contributed by atoms with van der Waals surface area (Å²) in [6.45, 7) is 2.62. The molecule has 0 bridgehead atoms. The van der Waals surface area contributed by atoms with Crippen molar-refractivity contribution in [2.45, 2.75) is 49.2 Å². The maximum absolute atomic E-state index is 12.4. The van der Waals surface area contributed by atoms with Crippen LogP contribution in [0.5, 0.6) is 0 Å². The van der Waals surface area contributed by atoms with Gasteiger partial charge < -0.3 is 9.88 Å². The van der Waals surface area contributed by atoms with Crippen molar-refractivity contribution in [3.05, 3.63) is 29.6 Å². The molecule has 0 unspecified atom stereocenters. The summed E-state index contributed by atoms with van der Waals surface area (Å²) in [7, 11) is -0.604. The lowest BCUT2D eigenvalue weighted by Gasteiger charge is -2.15. The van der Waals surface area contributed by atoms with Crippen LogP contribution < -0.4 is 5.32 Å². The zero-order chi connectivity index (χ0) is 20.3. The van der Waals surface area contributed by atoms with Crippen LogP contribution in [0.2, 0.25) is 0 Å². The average Bonchev–Trinajstić information content (AvgIpc) is 2.87. The number of rotatable bonds is 6. The fourth-order valence-corrected chi connectivity index (χ4v) is 4.97. The molecule has 2 aromatic rings. The highest BCUT2D eigenvalue weighted by molar-refractivity contribution is 7.99. The van der Waals surface area contributed by atoms with Crippen molar-refractivity contribution >= 4 is 33.4 Å². The van der Waals surface area contributed by atoms with E-state index in [1.807, 2.05) is 0 Å². The predicted molar refractivity (Wildman–Crippen MR) is 109 cm³/mol. The van der Waals surface area contributed by atoms with E-state index < -0.39 is 10.0 Å². The molecule has 8 nitrogen and oxygen atoms in total. The van der Waals surface area contributed by atoms with Gasteiger partial charge in [0, 0.05) is 32.7 Å². The third-order valence-corrected chi connectivity index (χ3v) is 7.56. The minimum atomic E-state index is -3.57. The third-order valence-electron chi connectivity index (χ3n) is 4.64. The summed E-state index contributed by atoms with van der Waals surface area (Å²) in [6.07, 6.45) is 4.32. The van der Waals surface area contributed by atoms with Crippen LogP contribution in [0.3, 0.4) is 0 Å². The van der Waals surface area contributed by atoms with Crippen LogP contribution in [0.1, 0.15) is 30.7 Å². The molecule has 1 N–H and O–H groups in total. The maximum atomic E-state index is 12.4. The zero-order valence-electron chi connectivity index (χ0n) is 16.3. The summed E-state index contributed by atoms with van der Waals surface area (Å²) in [6, 6.07) is 4.89. The number of nitrogens with one attached hydrogen (secondary N) is 1. The van der Waals surface area contributed by atoms with Crippen LogP contribution in [0.25, 0.3) is 0 Å². The standard InChI is InChI=1S/C18H25N5O3S2/c1-13-8-9-14(11-15(13)28(25,26)22(2)3)19-17(24)12-27-18-21-20-16-7-5-4-6-10-23(16)18/h8-9,11H,4-7,10,12H2,1-3H3,(H,19,24). The molecule has 0 saturated heterocycles. The van der Waals surface area contributed by atoms with E-state index in [-0.39, 0.29) is 16.6 Å². The highest BCUT2D eigenvalue weighted by Crippen LogP contribution is 2.24. The maximum Gasteiger partial charge on any atom is 0.242 e. The molecule has 1 aliphatic rings. The second-order valence-corrected chi connectivity index (χ2v) is 10.0. The van der Waals surface area contributed by atoms with Crippen LogP contribution in [-0.4, -0.2) is 53.2 Å². The van der Waals surface area contributed by atoms with Crippen LogP contribution in [-0.2, 0) is 27.8 Å². The quantitative estimate of drug-likeness (QED) is 0.716. The van der Waals surface area contributed by atoms with Gasteiger partial charge in [0.25, 0.3) is 0 Å². The summed E-state index contributed by atoms with van der Waals surface area (Å²) in [5.74, 6) is 0.951. The Morgan fingerprint density at radius 1 is 1.25 bits per heavy atom. The zero-order valence-corrected chi connectivity index (χ0v) is 17.9. The number of thioether (sulfide) groups is 1. The van der Waals surface area contributed by atoms with Crippen molar-refractivity contribution in [1.29, 1.82) is 0 Å². The number of carbonyl (C=O) groups excluding carboxylic acids is 1. The van der Waals surface area contributed by atoms with E-state index in [1.165, 1.54) is 38.3 Å². The number of benzene rings is 1. The second-order valence-electron chi connectivity index (χ2n) is 6.97. The first-order chi connectivity index (χ1) is 13.3. The molecule has 0 spiro atoms. The number of hydrogen-bond acceptors (Lipinski definition) is 6. The lowest BCUT2D eigenvalue weighted by atomic mass is 10.2. The average molecular weight is 424 g/mol. The summed E-state index contributed by atoms with van der Waals surface area (Å²) in [5.41, 5.74) is 1.09. The van der Waals surface area contributed by atoms with Crippen molar-refractivity contribution in [3.8, 4) is 0 Å². The molecule has 0 fully saturated rings. The number of hydrogen-bond donors (Lipinski definition) is 1. The molecule has 3 rings (SSSR count). The lowest BCUT2D eigenvalue weighted by Crippen LogP contribution is -2.23. The fraction of sp³-hybridized carbons (Fsp3) is 0.500. The summed E-state index contributed by atoms with van der Waals surface area (Å²) < 4.78 is 28.1. The topological polar surface area (TPSA) is 97.2 Å². The van der Waals surface area contributed by atoms with Gasteiger partial charge in [0.15, 0.2) is 5.16 Å². The number of amides is 1. The molecule has 0 aliphatic carbocycles. The molecule has 10 heteroatoms. The molecular weight excluding hydrogens is 398 g/mol. The molecule has 0 atom stereocenters. The van der Waals surface area contributed by atoms with Gasteiger partial charge in [0.1, 0.15) is 5.82 Å². The Balaban J connectivity index is 1.67. The van der Waals surface area contributed by atoms with Crippen LogP contribution in [0, 0.1) is 6.92 Å². The van der Waals surface area contributed by atoms with Gasteiger partial charge in [-0.05, 0) is 37.5 Å². The van der Waals surface area contributed by atoms with Gasteiger partial charge in [0.05, 0.1) is 10.6 Å². The number of anilines is 1. The number of carbonyl (C=O) groups is 1. The fourth-order valence-electron chi connectivity index (χ4n) is 3.04. The third kappa shape index (κ3) is 4.56. The Labute approximate surface area is 169 Å². The highest BCUT2D eigenvalue weighted by atomic mass is 32.2. The summed E-state index contributed by atoms with van der Waals surface area (Å²) in [5, 5.41) is 12.0. The molecule has 1 aromatic heterocycles. The number of fused-ring (bicyclic) bond motifs is 1. The number of sulfonamides is 1. The van der Waals surface area contributed by atoms with E-state index in [1.54, 1.807) is 19.1 Å². The molecule has 28 heavy (non-hydrogen) atoms. The minimum absolute atomic E-state index is 0.182. The number of nitrogens with zero attached hydrogens (tertiary/aromatic N) is 4. The van der Waals surface area contributed by atoms with Gasteiger partial charge in [-0.2, -0.15) is 0 Å². The molecule has 152 valence electrons. The van der Waals surface area contributed by atoms with Gasteiger partial charge in [0.2, 0.25) is 15.9 Å². The molecule has 2 heterocycles. The van der Waals surface area contributed by atoms with E-state index in [2.05, 4.69) is 20.1 Å². The Morgan fingerprint density at radius 3 is 2.79 bits per heavy atom. The molecule has 0 radical (unpaired) electrons. The first-order valence-corrected chi connectivity index (χ1v) is 11.6. The van der Waals surface area contributed by atoms with E-state index in [9.17, 15) is 13.2 Å². The van der Waals surface area contributed by atoms with E-state index in [4.69, 9.17) is 0 Å². The van der Waals surface area contributed by atoms with Crippen LogP contribution >= 0.6 is 11.8 Å². The molecule has 1 aliphatic heterocycles. The Morgan fingerprint density at radius 2 is 2.04 bits per heavy atom. The van der Waals surface area contributed by atoms with E-state index in [0.717, 1.165) is 41.1 Å². The number of aryl methyl sites for hydroxylation is 2. The number of aromatic nitrogens is 3. The monoisotopic (exact) mass is 423 g/mol. The minimum Gasteiger partial charge on any atom is -0.325 e. The SMILES string of the molecule is Cc1ccc(NC(=O)CSc2nnc3n2CCCCC3)cc1S(=O)(=O)N(C)C. The smallest absolute Gasteiger partial charge is 0.242 e. The Kier molecular flexibility index (Phi) is 6.41. The van der Waals surface area contributed by atoms with Crippen LogP contribution in [0.15, 0.2) is 28.3 Å². The van der Waals surface area contributed by atoms with E-state index >= 15 is 0 Å². The van der Waals surface area contributed by atoms with Gasteiger partial charge in [-0.1, -0.05) is 24.2 Å². The van der Waals surface area contributed by atoms with Gasteiger partial charge in [-0.3, -0.25) is 4.79 Å². The lowest BCUT2D eigenvalue weighted by molar-refractivity contribution is -0.113. The Hall–Kier alpha value is -1.91. The molecular formula is C18H25N5O3S2. The van der Waals surface area contributed by atoms with Crippen molar-refractivity contribution < 1.29 is 13.2 Å². The van der Waals surface area contributed by atoms with Crippen molar-refractivity contribution in [3.63, 3.8) is 0 Å². The second kappa shape index (κ2) is 8.62. The summed E-state index contributed by atoms with van der Waals surface area (Å²) >= 11 is 1.35. The van der Waals surface area contributed by atoms with Crippen molar-refractivity contribution in [2.75, 3.05) is 25.2 Å². The van der Waals surface area contributed by atoms with Crippen molar-refractivity contribution in [1.82, 2.24) is 19.1 Å². The normalized spacial score (nSPS) is 14.6. The highest BCUT2D eigenvalue weighted by Gasteiger charge is 2.21. The predicted octanol–water partition coefficient (Wildman–Crippen LogP) is 2.29. The van der Waals surface area contributed by atoms with Gasteiger partial charge >= 0.3 is 0 Å².